The van der Waals surface area contributed by atoms with Gasteiger partial charge in [0, 0.05) is 12.1 Å². The molecule has 1 saturated heterocycles. The number of fused-ring (bicyclic) bond motifs is 2. The van der Waals surface area contributed by atoms with Crippen LogP contribution in [0.1, 0.15) is 34.3 Å². The van der Waals surface area contributed by atoms with Crippen molar-refractivity contribution >= 4 is 17.6 Å². The molecule has 0 aromatic heterocycles. The van der Waals surface area contributed by atoms with E-state index in [1.54, 1.807) is 0 Å². The molecular weight excluding hydrogens is 258 g/mol. The summed E-state index contributed by atoms with van der Waals surface area (Å²) in [5.74, 6) is 0.193. The zero-order valence-corrected chi connectivity index (χ0v) is 11.8. The van der Waals surface area contributed by atoms with Crippen LogP contribution in [0.2, 0.25) is 0 Å². The summed E-state index contributed by atoms with van der Waals surface area (Å²) in [7, 11) is 0. The third-order valence-corrected chi connectivity index (χ3v) is 4.46. The largest absolute Gasteiger partial charge is 0.332 e. The first-order chi connectivity index (χ1) is 10.3. The Bertz CT molecular complexity index is 717. The summed E-state index contributed by atoms with van der Waals surface area (Å²) in [4.78, 5) is 14.6. The average Bonchev–Trinajstić information content (AvgIpc) is 3.02. The van der Waals surface area contributed by atoms with Crippen molar-refractivity contribution < 1.29 is 4.79 Å². The average molecular weight is 275 g/mol. The molecule has 104 valence electrons. The van der Waals surface area contributed by atoms with Gasteiger partial charge in [-0.2, -0.15) is 0 Å². The van der Waals surface area contributed by atoms with Crippen LogP contribution in [0.15, 0.2) is 54.6 Å². The van der Waals surface area contributed by atoms with Gasteiger partial charge in [0.15, 0.2) is 0 Å². The topological polar surface area (TPSA) is 20.3 Å². The van der Waals surface area contributed by atoms with E-state index in [2.05, 4.69) is 36.4 Å². The third-order valence-electron chi connectivity index (χ3n) is 4.46. The molecule has 2 heteroatoms. The van der Waals surface area contributed by atoms with Crippen molar-refractivity contribution in [2.75, 3.05) is 6.54 Å². The molecule has 2 heterocycles. The maximum absolute atomic E-state index is 12.6. The Morgan fingerprint density at radius 3 is 2.48 bits per heavy atom. The van der Waals surface area contributed by atoms with E-state index in [4.69, 9.17) is 0 Å². The normalized spacial score (nSPS) is 22.3. The van der Waals surface area contributed by atoms with Crippen LogP contribution in [0.4, 0.5) is 0 Å². The quantitative estimate of drug-likeness (QED) is 0.774. The molecule has 1 fully saturated rings. The first-order valence-electron chi connectivity index (χ1n) is 7.51. The predicted molar refractivity (Wildman–Crippen MR) is 84.8 cm³/mol. The van der Waals surface area contributed by atoms with Gasteiger partial charge in [-0.15, -0.1) is 0 Å². The van der Waals surface area contributed by atoms with Gasteiger partial charge in [0.2, 0.25) is 0 Å². The Balaban J connectivity index is 1.90. The van der Waals surface area contributed by atoms with E-state index in [9.17, 15) is 4.79 Å². The van der Waals surface area contributed by atoms with Gasteiger partial charge < -0.3 is 4.90 Å². The Labute approximate surface area is 124 Å². The zero-order valence-electron chi connectivity index (χ0n) is 11.8. The molecule has 21 heavy (non-hydrogen) atoms. The first-order valence-corrected chi connectivity index (χ1v) is 7.51. The van der Waals surface area contributed by atoms with Crippen LogP contribution in [0.5, 0.6) is 0 Å². The minimum absolute atomic E-state index is 0.193. The summed E-state index contributed by atoms with van der Waals surface area (Å²) in [5, 5.41) is 0. The fraction of sp³-hybridized carbons (Fsp3) is 0.211. The predicted octanol–water partition coefficient (Wildman–Crippen LogP) is 3.85. The highest BCUT2D eigenvalue weighted by molar-refractivity contribution is 6.06. The molecule has 2 aliphatic rings. The minimum atomic E-state index is 0.193. The molecule has 2 aromatic rings. The second-order valence-electron chi connectivity index (χ2n) is 5.71. The number of amides is 1. The third kappa shape index (κ3) is 1.99. The van der Waals surface area contributed by atoms with Gasteiger partial charge in [0.1, 0.15) is 0 Å². The summed E-state index contributed by atoms with van der Waals surface area (Å²) in [6.07, 6.45) is 4.41. The van der Waals surface area contributed by atoms with Crippen LogP contribution in [-0.4, -0.2) is 23.4 Å². The lowest BCUT2D eigenvalue weighted by molar-refractivity contribution is 0.0756. The second-order valence-corrected chi connectivity index (χ2v) is 5.71. The van der Waals surface area contributed by atoms with Crippen LogP contribution >= 0.6 is 0 Å². The number of hydrogen-bond donors (Lipinski definition) is 0. The van der Waals surface area contributed by atoms with Crippen LogP contribution < -0.4 is 0 Å². The lowest BCUT2D eigenvalue weighted by Crippen LogP contribution is -2.40. The van der Waals surface area contributed by atoms with Gasteiger partial charge in [-0.25, -0.2) is 0 Å². The molecule has 1 amide bonds. The highest BCUT2D eigenvalue weighted by atomic mass is 16.2. The molecule has 2 aliphatic heterocycles. The molecule has 0 bridgehead atoms. The molecule has 0 aliphatic carbocycles. The van der Waals surface area contributed by atoms with E-state index in [0.717, 1.165) is 30.5 Å². The minimum Gasteiger partial charge on any atom is -0.332 e. The Morgan fingerprint density at radius 1 is 0.952 bits per heavy atom. The van der Waals surface area contributed by atoms with Gasteiger partial charge in [-0.1, -0.05) is 48.5 Å². The van der Waals surface area contributed by atoms with Crippen molar-refractivity contribution in [3.05, 3.63) is 71.3 Å². The first kappa shape index (κ1) is 12.4. The van der Waals surface area contributed by atoms with E-state index in [-0.39, 0.29) is 11.9 Å². The van der Waals surface area contributed by atoms with E-state index >= 15 is 0 Å². The van der Waals surface area contributed by atoms with E-state index in [1.165, 1.54) is 11.1 Å². The maximum atomic E-state index is 12.6. The number of carbonyl (C=O) groups excluding carboxylic acids is 1. The van der Waals surface area contributed by atoms with Gasteiger partial charge in [0.05, 0.1) is 6.04 Å². The standard InChI is InChI=1S/C19H17NO/c21-19-16-10-5-4-9-15(16)17(18-11-6-12-20(18)19)13-14-7-2-1-3-8-14/h1-5,7-10,13,18H,6,11-12H2/b17-13+. The monoisotopic (exact) mass is 275 g/mol. The van der Waals surface area contributed by atoms with Crippen LogP contribution in [0.3, 0.4) is 0 Å². The van der Waals surface area contributed by atoms with Gasteiger partial charge in [-0.05, 0) is 41.7 Å². The number of hydrogen-bond acceptors (Lipinski definition) is 1. The van der Waals surface area contributed by atoms with Gasteiger partial charge >= 0.3 is 0 Å². The van der Waals surface area contributed by atoms with Crippen molar-refractivity contribution in [2.24, 2.45) is 0 Å². The molecular formula is C19H17NO. The lowest BCUT2D eigenvalue weighted by Gasteiger charge is -2.33. The van der Waals surface area contributed by atoms with Crippen LogP contribution in [0, 0.1) is 0 Å². The van der Waals surface area contributed by atoms with Gasteiger partial charge in [0.25, 0.3) is 5.91 Å². The van der Waals surface area contributed by atoms with Crippen molar-refractivity contribution in [3.8, 4) is 0 Å². The molecule has 4 rings (SSSR count). The number of nitrogens with zero attached hydrogens (tertiary/aromatic N) is 1. The fourth-order valence-electron chi connectivity index (χ4n) is 3.49. The summed E-state index contributed by atoms with van der Waals surface area (Å²) in [6.45, 7) is 0.879. The molecule has 2 aromatic carbocycles. The van der Waals surface area contributed by atoms with E-state index in [0.29, 0.717) is 0 Å². The summed E-state index contributed by atoms with van der Waals surface area (Å²) in [5.41, 5.74) is 4.43. The van der Waals surface area contributed by atoms with Crippen molar-refractivity contribution in [2.45, 2.75) is 18.9 Å². The number of carbonyl (C=O) groups is 1. The Kier molecular flexibility index (Phi) is 2.88. The lowest BCUT2D eigenvalue weighted by atomic mass is 9.87. The fourth-order valence-corrected chi connectivity index (χ4v) is 3.49. The van der Waals surface area contributed by atoms with E-state index in [1.807, 2.05) is 29.2 Å². The highest BCUT2D eigenvalue weighted by Crippen LogP contribution is 2.39. The molecule has 0 spiro atoms. The maximum Gasteiger partial charge on any atom is 0.254 e. The number of rotatable bonds is 1. The van der Waals surface area contributed by atoms with Crippen molar-refractivity contribution in [3.63, 3.8) is 0 Å². The Hall–Kier alpha value is -2.35. The number of benzene rings is 2. The zero-order chi connectivity index (χ0) is 14.2. The summed E-state index contributed by atoms with van der Waals surface area (Å²) < 4.78 is 0. The Morgan fingerprint density at radius 2 is 1.67 bits per heavy atom. The molecule has 0 saturated carbocycles. The van der Waals surface area contributed by atoms with Crippen molar-refractivity contribution in [1.29, 1.82) is 0 Å². The smallest absolute Gasteiger partial charge is 0.254 e. The molecule has 1 atom stereocenters. The van der Waals surface area contributed by atoms with Crippen LogP contribution in [0.25, 0.3) is 11.6 Å². The summed E-state index contributed by atoms with van der Waals surface area (Å²) >= 11 is 0. The molecule has 1 unspecified atom stereocenters. The molecule has 2 nitrogen and oxygen atoms in total. The highest BCUT2D eigenvalue weighted by Gasteiger charge is 2.38. The second kappa shape index (κ2) is 4.88. The molecule has 0 N–H and O–H groups in total. The van der Waals surface area contributed by atoms with Gasteiger partial charge in [-0.3, -0.25) is 4.79 Å². The van der Waals surface area contributed by atoms with Crippen molar-refractivity contribution in [1.82, 2.24) is 4.90 Å². The SMILES string of the molecule is O=C1c2ccccc2/C(=C\c2ccccc2)C2CCCN12. The summed E-state index contributed by atoms with van der Waals surface area (Å²) in [6, 6.07) is 18.6. The van der Waals surface area contributed by atoms with Crippen LogP contribution in [-0.2, 0) is 0 Å². The molecule has 0 radical (unpaired) electrons. The van der Waals surface area contributed by atoms with E-state index < -0.39 is 0 Å².